The number of rotatable bonds is 1. The van der Waals surface area contributed by atoms with Crippen molar-refractivity contribution in [1.29, 1.82) is 0 Å². The summed E-state index contributed by atoms with van der Waals surface area (Å²) in [5.74, 6) is 1.70. The van der Waals surface area contributed by atoms with Crippen LogP contribution < -0.4 is 4.90 Å². The summed E-state index contributed by atoms with van der Waals surface area (Å²) >= 11 is 7.15. The van der Waals surface area contributed by atoms with Gasteiger partial charge in [0.2, 0.25) is 0 Å². The smallest absolute Gasteiger partial charge is 0.187 e. The van der Waals surface area contributed by atoms with Gasteiger partial charge in [-0.05, 0) is 25.2 Å². The molecule has 1 aromatic rings. The van der Waals surface area contributed by atoms with Crippen LogP contribution in [0.15, 0.2) is 0 Å². The second-order valence-corrected chi connectivity index (χ2v) is 4.79. The average Bonchev–Trinajstić information content (AvgIpc) is 2.46. The van der Waals surface area contributed by atoms with Gasteiger partial charge in [-0.2, -0.15) is 8.75 Å². The fourth-order valence-corrected chi connectivity index (χ4v) is 2.61. The fourth-order valence-electron chi connectivity index (χ4n) is 1.84. The van der Waals surface area contributed by atoms with E-state index in [-0.39, 0.29) is 0 Å². The Balaban J connectivity index is 2.08. The third-order valence-electron chi connectivity index (χ3n) is 2.75. The lowest BCUT2D eigenvalue weighted by Crippen LogP contribution is -2.24. The molecule has 0 radical (unpaired) electrons. The lowest BCUT2D eigenvalue weighted by Gasteiger charge is -2.19. The van der Waals surface area contributed by atoms with E-state index in [1.54, 1.807) is 0 Å². The van der Waals surface area contributed by atoms with Gasteiger partial charge in [0.05, 0.1) is 11.7 Å². The number of hydrogen-bond donors (Lipinski definition) is 0. The molecular weight excluding hydrogens is 218 g/mol. The summed E-state index contributed by atoms with van der Waals surface area (Å²) in [6.45, 7) is 4.44. The van der Waals surface area contributed by atoms with Gasteiger partial charge in [0.15, 0.2) is 11.0 Å². The number of nitrogens with zero attached hydrogens (tertiary/aromatic N) is 3. The molecule has 0 bridgehead atoms. The molecule has 1 unspecified atom stereocenters. The van der Waals surface area contributed by atoms with Crippen molar-refractivity contribution in [2.75, 3.05) is 18.0 Å². The SMILES string of the molecule is CC1CCCN(c2nsnc2Cl)CC1. The molecule has 14 heavy (non-hydrogen) atoms. The van der Waals surface area contributed by atoms with Crippen LogP contribution in [0.25, 0.3) is 0 Å². The van der Waals surface area contributed by atoms with Gasteiger partial charge >= 0.3 is 0 Å². The predicted molar refractivity (Wildman–Crippen MR) is 60.1 cm³/mol. The normalized spacial score (nSPS) is 23.6. The van der Waals surface area contributed by atoms with E-state index in [4.69, 9.17) is 11.6 Å². The zero-order valence-corrected chi connectivity index (χ0v) is 9.81. The first kappa shape index (κ1) is 10.2. The molecule has 78 valence electrons. The Morgan fingerprint density at radius 1 is 1.36 bits per heavy atom. The Labute approximate surface area is 93.4 Å². The summed E-state index contributed by atoms with van der Waals surface area (Å²) in [4.78, 5) is 2.26. The molecule has 0 amide bonds. The van der Waals surface area contributed by atoms with Crippen LogP contribution >= 0.6 is 23.3 Å². The van der Waals surface area contributed by atoms with Gasteiger partial charge in [0, 0.05) is 13.1 Å². The summed E-state index contributed by atoms with van der Waals surface area (Å²) in [6.07, 6.45) is 3.77. The highest BCUT2D eigenvalue weighted by molar-refractivity contribution is 6.99. The molecular formula is C9H14ClN3S. The van der Waals surface area contributed by atoms with Crippen LogP contribution in [0.5, 0.6) is 0 Å². The fraction of sp³-hybridized carbons (Fsp3) is 0.778. The zero-order chi connectivity index (χ0) is 9.97. The van der Waals surface area contributed by atoms with Crippen molar-refractivity contribution in [3.05, 3.63) is 5.15 Å². The minimum Gasteiger partial charge on any atom is -0.353 e. The Morgan fingerprint density at radius 3 is 2.93 bits per heavy atom. The second kappa shape index (κ2) is 4.45. The van der Waals surface area contributed by atoms with Gasteiger partial charge < -0.3 is 4.90 Å². The van der Waals surface area contributed by atoms with E-state index >= 15 is 0 Å². The summed E-state index contributed by atoms with van der Waals surface area (Å²) in [6, 6.07) is 0. The van der Waals surface area contributed by atoms with Crippen LogP contribution in [0.2, 0.25) is 5.15 Å². The zero-order valence-electron chi connectivity index (χ0n) is 8.24. The second-order valence-electron chi connectivity index (χ2n) is 3.90. The summed E-state index contributed by atoms with van der Waals surface area (Å²) < 4.78 is 8.23. The average molecular weight is 232 g/mol. The van der Waals surface area contributed by atoms with Crippen molar-refractivity contribution >= 4 is 29.1 Å². The maximum absolute atomic E-state index is 5.96. The van der Waals surface area contributed by atoms with Gasteiger partial charge in [0.25, 0.3) is 0 Å². The number of aromatic nitrogens is 2. The first-order chi connectivity index (χ1) is 6.77. The van der Waals surface area contributed by atoms with E-state index in [9.17, 15) is 0 Å². The van der Waals surface area contributed by atoms with Crippen molar-refractivity contribution in [1.82, 2.24) is 8.75 Å². The summed E-state index contributed by atoms with van der Waals surface area (Å²) in [5, 5.41) is 0.560. The van der Waals surface area contributed by atoms with Crippen LogP contribution in [0.3, 0.4) is 0 Å². The highest BCUT2D eigenvalue weighted by atomic mass is 35.5. The molecule has 1 aliphatic rings. The molecule has 0 aliphatic carbocycles. The minimum absolute atomic E-state index is 0.560. The number of halogens is 1. The van der Waals surface area contributed by atoms with Crippen molar-refractivity contribution in [2.45, 2.75) is 26.2 Å². The lowest BCUT2D eigenvalue weighted by molar-refractivity contribution is 0.521. The predicted octanol–water partition coefficient (Wildman–Crippen LogP) is 2.82. The quantitative estimate of drug-likeness (QED) is 0.744. The Kier molecular flexibility index (Phi) is 3.23. The Hall–Kier alpha value is -0.350. The highest BCUT2D eigenvalue weighted by Gasteiger charge is 2.18. The highest BCUT2D eigenvalue weighted by Crippen LogP contribution is 2.26. The van der Waals surface area contributed by atoms with Crippen molar-refractivity contribution < 1.29 is 0 Å². The lowest BCUT2D eigenvalue weighted by atomic mass is 10.0. The van der Waals surface area contributed by atoms with Gasteiger partial charge in [0.1, 0.15) is 0 Å². The van der Waals surface area contributed by atoms with Crippen LogP contribution in [-0.4, -0.2) is 21.8 Å². The molecule has 2 rings (SSSR count). The molecule has 1 aromatic heterocycles. The first-order valence-electron chi connectivity index (χ1n) is 5.00. The Bertz CT molecular complexity index is 302. The van der Waals surface area contributed by atoms with Crippen molar-refractivity contribution in [3.8, 4) is 0 Å². The molecule has 0 N–H and O–H groups in total. The van der Waals surface area contributed by atoms with E-state index in [1.165, 1.54) is 31.0 Å². The standard InChI is InChI=1S/C9H14ClN3S/c1-7-3-2-5-13(6-4-7)9-8(10)11-14-12-9/h7H,2-6H2,1H3. The van der Waals surface area contributed by atoms with E-state index in [1.807, 2.05) is 0 Å². The molecule has 1 aliphatic heterocycles. The van der Waals surface area contributed by atoms with Crippen LogP contribution in [0.4, 0.5) is 5.82 Å². The largest absolute Gasteiger partial charge is 0.353 e. The van der Waals surface area contributed by atoms with Crippen LogP contribution in [-0.2, 0) is 0 Å². The molecule has 0 aromatic carbocycles. The van der Waals surface area contributed by atoms with Crippen molar-refractivity contribution in [3.63, 3.8) is 0 Å². The molecule has 3 nitrogen and oxygen atoms in total. The topological polar surface area (TPSA) is 29.0 Å². The van der Waals surface area contributed by atoms with E-state index < -0.39 is 0 Å². The van der Waals surface area contributed by atoms with Gasteiger partial charge in [-0.25, -0.2) is 0 Å². The van der Waals surface area contributed by atoms with Gasteiger partial charge in [-0.1, -0.05) is 18.5 Å². The first-order valence-corrected chi connectivity index (χ1v) is 6.11. The molecule has 2 heterocycles. The third kappa shape index (κ3) is 2.17. The molecule has 1 saturated heterocycles. The van der Waals surface area contributed by atoms with Crippen molar-refractivity contribution in [2.24, 2.45) is 5.92 Å². The van der Waals surface area contributed by atoms with E-state index in [2.05, 4.69) is 20.6 Å². The number of hydrogen-bond acceptors (Lipinski definition) is 4. The molecule has 1 fully saturated rings. The minimum atomic E-state index is 0.560. The van der Waals surface area contributed by atoms with Gasteiger partial charge in [-0.3, -0.25) is 0 Å². The maximum Gasteiger partial charge on any atom is 0.187 e. The monoisotopic (exact) mass is 231 g/mol. The van der Waals surface area contributed by atoms with Crippen LogP contribution in [0.1, 0.15) is 26.2 Å². The Morgan fingerprint density at radius 2 is 2.21 bits per heavy atom. The summed E-state index contributed by atoms with van der Waals surface area (Å²) in [7, 11) is 0. The number of anilines is 1. The summed E-state index contributed by atoms with van der Waals surface area (Å²) in [5.41, 5.74) is 0. The maximum atomic E-state index is 5.96. The van der Waals surface area contributed by atoms with E-state index in [0.717, 1.165) is 24.8 Å². The molecule has 0 spiro atoms. The molecule has 0 saturated carbocycles. The molecule has 1 atom stereocenters. The third-order valence-corrected chi connectivity index (χ3v) is 3.62. The van der Waals surface area contributed by atoms with E-state index in [0.29, 0.717) is 5.15 Å². The van der Waals surface area contributed by atoms with Gasteiger partial charge in [-0.15, -0.1) is 0 Å². The molecule has 5 heteroatoms. The van der Waals surface area contributed by atoms with Crippen LogP contribution in [0, 0.1) is 5.92 Å².